The van der Waals surface area contributed by atoms with Gasteiger partial charge in [0.2, 0.25) is 5.95 Å². The molecule has 0 saturated carbocycles. The molecule has 1 amide bonds. The summed E-state index contributed by atoms with van der Waals surface area (Å²) in [5.41, 5.74) is 0.383. The molecule has 0 saturated heterocycles. The lowest BCUT2D eigenvalue weighted by atomic mass is 10.1. The van der Waals surface area contributed by atoms with Crippen molar-refractivity contribution in [2.75, 3.05) is 31.2 Å². The van der Waals surface area contributed by atoms with Crippen LogP contribution >= 0.6 is 11.6 Å². The Kier molecular flexibility index (Phi) is 8.80. The molecule has 0 unspecified atom stereocenters. The molecule has 3 rings (SSSR count). The fraction of sp³-hybridized carbons (Fsp3) is 0.261. The molecule has 11 heteroatoms. The molecule has 1 heterocycles. The van der Waals surface area contributed by atoms with E-state index in [0.29, 0.717) is 35.8 Å². The summed E-state index contributed by atoms with van der Waals surface area (Å²) >= 11 is 6.06. The quantitative estimate of drug-likeness (QED) is 0.404. The van der Waals surface area contributed by atoms with Crippen LogP contribution in [0.5, 0.6) is 0 Å². The van der Waals surface area contributed by atoms with Crippen LogP contribution in [0.1, 0.15) is 12.0 Å². The fourth-order valence-corrected chi connectivity index (χ4v) is 3.16. The first-order chi connectivity index (χ1) is 16.3. The van der Waals surface area contributed by atoms with Gasteiger partial charge in [-0.25, -0.2) is 19.7 Å². The Labute approximate surface area is 199 Å². The van der Waals surface area contributed by atoms with E-state index in [4.69, 9.17) is 21.4 Å². The van der Waals surface area contributed by atoms with E-state index in [1.165, 1.54) is 6.20 Å². The molecule has 0 aliphatic heterocycles. The summed E-state index contributed by atoms with van der Waals surface area (Å²) in [5, 5.41) is 12.3. The molecule has 2 N–H and O–H groups in total. The van der Waals surface area contributed by atoms with E-state index in [1.807, 2.05) is 0 Å². The number of aliphatic hydroxyl groups excluding tert-OH is 1. The van der Waals surface area contributed by atoms with Crippen LogP contribution < -0.4 is 10.2 Å². The van der Waals surface area contributed by atoms with Crippen LogP contribution in [0.4, 0.5) is 29.6 Å². The molecule has 2 aromatic carbocycles. The van der Waals surface area contributed by atoms with Crippen molar-refractivity contribution in [3.05, 3.63) is 71.4 Å². The van der Waals surface area contributed by atoms with Gasteiger partial charge in [-0.05, 0) is 55.4 Å². The van der Waals surface area contributed by atoms with Gasteiger partial charge in [-0.15, -0.1) is 0 Å². The summed E-state index contributed by atoms with van der Waals surface area (Å²) in [7, 11) is 0. The predicted octanol–water partition coefficient (Wildman–Crippen LogP) is 5.06. The van der Waals surface area contributed by atoms with E-state index in [1.54, 1.807) is 30.3 Å². The first-order valence-electron chi connectivity index (χ1n) is 10.3. The van der Waals surface area contributed by atoms with Crippen LogP contribution in [0.2, 0.25) is 5.02 Å². The molecule has 34 heavy (non-hydrogen) atoms. The van der Waals surface area contributed by atoms with Gasteiger partial charge in [-0.1, -0.05) is 23.7 Å². The third kappa shape index (κ3) is 6.89. The number of hydrogen-bond acceptors (Lipinski definition) is 6. The molecule has 0 bridgehead atoms. The Morgan fingerprint density at radius 3 is 2.56 bits per heavy atom. The van der Waals surface area contributed by atoms with Crippen LogP contribution in [-0.4, -0.2) is 47.5 Å². The van der Waals surface area contributed by atoms with Gasteiger partial charge >= 0.3 is 12.3 Å². The molecule has 0 fully saturated rings. The number of nitrogens with zero attached hydrogens (tertiary/aromatic N) is 3. The Morgan fingerprint density at radius 2 is 1.88 bits per heavy atom. The van der Waals surface area contributed by atoms with Crippen molar-refractivity contribution in [1.82, 2.24) is 15.3 Å². The lowest BCUT2D eigenvalue weighted by molar-refractivity contribution is -0.137. The summed E-state index contributed by atoms with van der Waals surface area (Å²) in [4.78, 5) is 22.5. The largest absolute Gasteiger partial charge is 0.447 e. The highest BCUT2D eigenvalue weighted by atomic mass is 35.5. The number of ether oxygens (including phenoxy) is 1. The number of nitrogens with one attached hydrogen (secondary N) is 1. The van der Waals surface area contributed by atoms with Gasteiger partial charge in [0.25, 0.3) is 0 Å². The second kappa shape index (κ2) is 11.8. The van der Waals surface area contributed by atoms with Gasteiger partial charge in [-0.2, -0.15) is 13.2 Å². The maximum absolute atomic E-state index is 13.0. The summed E-state index contributed by atoms with van der Waals surface area (Å²) in [6.45, 7) is 0.904. The van der Waals surface area contributed by atoms with Crippen molar-refractivity contribution in [2.45, 2.75) is 12.6 Å². The smallest absolute Gasteiger partial charge is 0.421 e. The van der Waals surface area contributed by atoms with E-state index in [9.17, 15) is 18.0 Å². The second-order valence-electron chi connectivity index (χ2n) is 7.07. The fourth-order valence-electron chi connectivity index (χ4n) is 2.97. The molecule has 0 aliphatic rings. The van der Waals surface area contributed by atoms with Crippen molar-refractivity contribution in [3.8, 4) is 11.3 Å². The summed E-state index contributed by atoms with van der Waals surface area (Å²) in [6, 6.07) is 12.6. The van der Waals surface area contributed by atoms with E-state index < -0.39 is 17.8 Å². The molecule has 180 valence electrons. The van der Waals surface area contributed by atoms with Crippen molar-refractivity contribution >= 4 is 29.3 Å². The van der Waals surface area contributed by atoms with Crippen molar-refractivity contribution < 1.29 is 27.8 Å². The molecule has 0 atom stereocenters. The summed E-state index contributed by atoms with van der Waals surface area (Å²) in [5.74, 6) is -0.0736. The molecule has 0 aliphatic carbocycles. The number of carbonyl (C=O) groups is 1. The lowest BCUT2D eigenvalue weighted by Gasteiger charge is -2.21. The standard InChI is InChI=1S/C23H22ClF3N4O3/c24-18-4-1-3-16(15-18)20-9-11-29-21(30-20)31(22(33)34-14-12-28-10-2-13-32)19-7-5-17(6-8-19)23(25,26)27/h1,3-9,11,15,28,32H,2,10,12-14H2. The number of carbonyl (C=O) groups excluding carboxylic acids is 1. The Hall–Kier alpha value is -3.21. The maximum Gasteiger partial charge on any atom is 0.421 e. The third-order valence-corrected chi connectivity index (χ3v) is 4.85. The molecule has 7 nitrogen and oxygen atoms in total. The third-order valence-electron chi connectivity index (χ3n) is 4.61. The normalized spacial score (nSPS) is 11.3. The Morgan fingerprint density at radius 1 is 1.12 bits per heavy atom. The zero-order valence-electron chi connectivity index (χ0n) is 17.9. The number of halogens is 4. The van der Waals surface area contributed by atoms with Crippen molar-refractivity contribution in [3.63, 3.8) is 0 Å². The highest BCUT2D eigenvalue weighted by Gasteiger charge is 2.31. The van der Waals surface area contributed by atoms with Gasteiger partial charge in [0.1, 0.15) is 6.61 Å². The lowest BCUT2D eigenvalue weighted by Crippen LogP contribution is -2.31. The molecule has 1 aromatic heterocycles. The van der Waals surface area contributed by atoms with Gasteiger partial charge in [0, 0.05) is 29.9 Å². The average Bonchev–Trinajstić information content (AvgIpc) is 2.81. The number of hydrogen-bond donors (Lipinski definition) is 2. The van der Waals surface area contributed by atoms with Crippen LogP contribution in [0.25, 0.3) is 11.3 Å². The van der Waals surface area contributed by atoms with Crippen LogP contribution in [0, 0.1) is 0 Å². The summed E-state index contributed by atoms with van der Waals surface area (Å²) < 4.78 is 44.3. The average molecular weight is 495 g/mol. The molecule has 0 radical (unpaired) electrons. The van der Waals surface area contributed by atoms with Crippen molar-refractivity contribution in [2.24, 2.45) is 0 Å². The number of rotatable bonds is 9. The van der Waals surface area contributed by atoms with Crippen molar-refractivity contribution in [1.29, 1.82) is 0 Å². The Bertz CT molecular complexity index is 1100. The monoisotopic (exact) mass is 494 g/mol. The minimum Gasteiger partial charge on any atom is -0.447 e. The van der Waals surface area contributed by atoms with E-state index >= 15 is 0 Å². The number of aliphatic hydroxyl groups is 1. The highest BCUT2D eigenvalue weighted by Crippen LogP contribution is 2.32. The van der Waals surface area contributed by atoms with E-state index in [0.717, 1.165) is 29.2 Å². The minimum absolute atomic E-state index is 0.00458. The van der Waals surface area contributed by atoms with Crippen LogP contribution in [-0.2, 0) is 10.9 Å². The Balaban J connectivity index is 1.89. The maximum atomic E-state index is 13.0. The zero-order valence-corrected chi connectivity index (χ0v) is 18.7. The molecule has 0 spiro atoms. The highest BCUT2D eigenvalue weighted by molar-refractivity contribution is 6.30. The first kappa shape index (κ1) is 25.4. The number of alkyl halides is 3. The van der Waals surface area contributed by atoms with Gasteiger partial charge in [0.05, 0.1) is 16.9 Å². The zero-order chi connectivity index (χ0) is 24.6. The molecular weight excluding hydrogens is 473 g/mol. The summed E-state index contributed by atoms with van der Waals surface area (Å²) in [6.07, 6.45) is -3.39. The predicted molar refractivity (Wildman–Crippen MR) is 122 cm³/mol. The number of benzene rings is 2. The van der Waals surface area contributed by atoms with Gasteiger partial charge in [0.15, 0.2) is 0 Å². The van der Waals surface area contributed by atoms with Crippen LogP contribution in [0.15, 0.2) is 60.8 Å². The number of anilines is 2. The van der Waals surface area contributed by atoms with Crippen LogP contribution in [0.3, 0.4) is 0 Å². The van der Waals surface area contributed by atoms with Gasteiger partial charge < -0.3 is 15.2 Å². The van der Waals surface area contributed by atoms with E-state index in [-0.39, 0.29) is 24.8 Å². The molecule has 3 aromatic rings. The van der Waals surface area contributed by atoms with Gasteiger partial charge in [-0.3, -0.25) is 0 Å². The van der Waals surface area contributed by atoms with E-state index in [2.05, 4.69) is 15.3 Å². The number of amides is 1. The first-order valence-corrected chi connectivity index (χ1v) is 10.7. The minimum atomic E-state index is -4.52. The second-order valence-corrected chi connectivity index (χ2v) is 7.51. The number of aromatic nitrogens is 2. The topological polar surface area (TPSA) is 87.6 Å². The molecular formula is C23H22ClF3N4O3. The SMILES string of the molecule is O=C(OCCNCCCO)N(c1ccc(C(F)(F)F)cc1)c1nccc(-c2cccc(Cl)c2)n1.